The number of hydrazine groups is 1. The number of aromatic nitrogens is 2. The van der Waals surface area contributed by atoms with Crippen molar-refractivity contribution >= 4 is 31.9 Å². The summed E-state index contributed by atoms with van der Waals surface area (Å²) in [5, 5.41) is 4.64. The molecule has 0 amide bonds. The molecule has 6 heteroatoms. The molecule has 0 fully saturated rings. The number of hydrogen-bond donors (Lipinski definition) is 2. The largest absolute Gasteiger partial charge is 0.271 e. The molecule has 0 aliphatic rings. The van der Waals surface area contributed by atoms with Gasteiger partial charge in [-0.15, -0.1) is 0 Å². The van der Waals surface area contributed by atoms with Gasteiger partial charge < -0.3 is 0 Å². The molecule has 0 saturated carbocycles. The van der Waals surface area contributed by atoms with Crippen molar-refractivity contribution in [1.82, 2.24) is 15.2 Å². The van der Waals surface area contributed by atoms with E-state index in [2.05, 4.69) is 62.3 Å². The van der Waals surface area contributed by atoms with Gasteiger partial charge in [0.25, 0.3) is 0 Å². The van der Waals surface area contributed by atoms with Crippen molar-refractivity contribution in [3.05, 3.63) is 50.2 Å². The Hall–Kier alpha value is -0.690. The smallest absolute Gasteiger partial charge is 0.0766 e. The van der Waals surface area contributed by atoms with Crippen LogP contribution in [0.15, 0.2) is 33.2 Å². The molecule has 3 N–H and O–H groups in total. The molecular formula is C15H20Br2N4. The van der Waals surface area contributed by atoms with Crippen LogP contribution in [0.2, 0.25) is 0 Å². The van der Waals surface area contributed by atoms with E-state index < -0.39 is 0 Å². The number of nitrogens with two attached hydrogens (primary N) is 1. The highest BCUT2D eigenvalue weighted by Gasteiger charge is 2.20. The van der Waals surface area contributed by atoms with Crippen LogP contribution in [0.5, 0.6) is 0 Å². The Labute approximate surface area is 142 Å². The van der Waals surface area contributed by atoms with Gasteiger partial charge in [-0.05, 0) is 40.9 Å². The van der Waals surface area contributed by atoms with E-state index in [0.29, 0.717) is 0 Å². The number of halogens is 2. The Kier molecular flexibility index (Phi) is 5.98. The van der Waals surface area contributed by atoms with E-state index in [9.17, 15) is 0 Å². The lowest BCUT2D eigenvalue weighted by molar-refractivity contribution is 0.514. The first kappa shape index (κ1) is 16.7. The molecule has 0 aliphatic heterocycles. The molecule has 114 valence electrons. The van der Waals surface area contributed by atoms with Crippen LogP contribution in [-0.4, -0.2) is 9.78 Å². The highest BCUT2D eigenvalue weighted by molar-refractivity contribution is 9.10. The van der Waals surface area contributed by atoms with Crippen LogP contribution in [0.3, 0.4) is 0 Å². The van der Waals surface area contributed by atoms with Crippen molar-refractivity contribution in [2.45, 2.75) is 39.3 Å². The van der Waals surface area contributed by atoms with Gasteiger partial charge >= 0.3 is 0 Å². The van der Waals surface area contributed by atoms with Gasteiger partial charge in [0.1, 0.15) is 0 Å². The van der Waals surface area contributed by atoms with Crippen LogP contribution in [0, 0.1) is 0 Å². The normalized spacial score (nSPS) is 12.6. The van der Waals surface area contributed by atoms with E-state index >= 15 is 0 Å². The van der Waals surface area contributed by atoms with Gasteiger partial charge in [-0.1, -0.05) is 41.1 Å². The summed E-state index contributed by atoms with van der Waals surface area (Å²) >= 11 is 7.28. The van der Waals surface area contributed by atoms with Crippen molar-refractivity contribution in [1.29, 1.82) is 0 Å². The van der Waals surface area contributed by atoms with Gasteiger partial charge in [0.05, 0.1) is 21.9 Å². The molecular weight excluding hydrogens is 396 g/mol. The van der Waals surface area contributed by atoms with Crippen LogP contribution in [0.25, 0.3) is 0 Å². The molecule has 0 radical (unpaired) electrons. The third-order valence-corrected chi connectivity index (χ3v) is 5.21. The van der Waals surface area contributed by atoms with E-state index in [0.717, 1.165) is 39.6 Å². The van der Waals surface area contributed by atoms with Crippen LogP contribution in [0.1, 0.15) is 36.8 Å². The second-order valence-corrected chi connectivity index (χ2v) is 6.47. The monoisotopic (exact) mass is 414 g/mol. The lowest BCUT2D eigenvalue weighted by Crippen LogP contribution is -2.30. The average Bonchev–Trinajstić information content (AvgIpc) is 2.81. The summed E-state index contributed by atoms with van der Waals surface area (Å²) in [5.41, 5.74) is 6.34. The van der Waals surface area contributed by atoms with Gasteiger partial charge in [0.2, 0.25) is 0 Å². The molecule has 1 unspecified atom stereocenters. The third-order valence-electron chi connectivity index (χ3n) is 3.57. The molecule has 2 rings (SSSR count). The number of aryl methyl sites for hydroxylation is 2. The third kappa shape index (κ3) is 3.56. The second-order valence-electron chi connectivity index (χ2n) is 4.82. The Morgan fingerprint density at radius 1 is 1.29 bits per heavy atom. The minimum Gasteiger partial charge on any atom is -0.271 e. The van der Waals surface area contributed by atoms with Gasteiger partial charge in [0, 0.05) is 17.4 Å². The van der Waals surface area contributed by atoms with E-state index in [1.165, 1.54) is 5.69 Å². The molecule has 0 aliphatic carbocycles. The summed E-state index contributed by atoms with van der Waals surface area (Å²) in [5.74, 6) is 5.79. The number of rotatable bonds is 6. The molecule has 1 aromatic heterocycles. The summed E-state index contributed by atoms with van der Waals surface area (Å²) in [4.78, 5) is 0. The van der Waals surface area contributed by atoms with E-state index in [1.807, 2.05) is 22.9 Å². The molecule has 0 spiro atoms. The first-order chi connectivity index (χ1) is 10.1. The predicted molar refractivity (Wildman–Crippen MR) is 92.9 cm³/mol. The zero-order chi connectivity index (χ0) is 15.4. The summed E-state index contributed by atoms with van der Waals surface area (Å²) in [6, 6.07) is 8.17. The van der Waals surface area contributed by atoms with E-state index in [1.54, 1.807) is 0 Å². The molecule has 1 heterocycles. The molecule has 2 aromatic rings. The zero-order valence-electron chi connectivity index (χ0n) is 12.2. The summed E-state index contributed by atoms with van der Waals surface area (Å²) in [7, 11) is 0. The first-order valence-electron chi connectivity index (χ1n) is 7.06. The van der Waals surface area contributed by atoms with Gasteiger partial charge in [-0.2, -0.15) is 5.10 Å². The lowest BCUT2D eigenvalue weighted by atomic mass is 10.0. The van der Waals surface area contributed by atoms with Crippen LogP contribution >= 0.6 is 31.9 Å². The Morgan fingerprint density at radius 3 is 2.57 bits per heavy atom. The standard InChI is InChI=1S/C15H20Br2N4/c1-3-12-15(17)14(21(4-2)20-12)9-13(19-18)10-7-5-6-8-11(10)16/h5-8,13,19H,3-4,9,18H2,1-2H3. The predicted octanol–water partition coefficient (Wildman–Crippen LogP) is 3.74. The van der Waals surface area contributed by atoms with Crippen molar-refractivity contribution in [3.63, 3.8) is 0 Å². The van der Waals surface area contributed by atoms with E-state index in [4.69, 9.17) is 5.84 Å². The molecule has 1 aromatic carbocycles. The number of hydrogen-bond acceptors (Lipinski definition) is 3. The number of benzene rings is 1. The van der Waals surface area contributed by atoms with Crippen molar-refractivity contribution < 1.29 is 0 Å². The molecule has 21 heavy (non-hydrogen) atoms. The second kappa shape index (κ2) is 7.54. The average molecular weight is 416 g/mol. The Bertz CT molecular complexity index is 610. The number of nitrogens with zero attached hydrogens (tertiary/aromatic N) is 2. The maximum atomic E-state index is 5.79. The van der Waals surface area contributed by atoms with Crippen molar-refractivity contribution in [2.24, 2.45) is 5.84 Å². The highest BCUT2D eigenvalue weighted by Crippen LogP contribution is 2.30. The van der Waals surface area contributed by atoms with Crippen molar-refractivity contribution in [2.75, 3.05) is 0 Å². The molecule has 0 saturated heterocycles. The number of nitrogens with one attached hydrogen (secondary N) is 1. The lowest BCUT2D eigenvalue weighted by Gasteiger charge is -2.18. The SMILES string of the molecule is CCc1nn(CC)c(CC(NN)c2ccccc2Br)c1Br. The Balaban J connectivity index is 2.35. The van der Waals surface area contributed by atoms with Gasteiger partial charge in [-0.25, -0.2) is 0 Å². The van der Waals surface area contributed by atoms with Crippen LogP contribution in [-0.2, 0) is 19.4 Å². The van der Waals surface area contributed by atoms with Gasteiger partial charge in [0.15, 0.2) is 0 Å². The maximum Gasteiger partial charge on any atom is 0.0766 e. The fourth-order valence-electron chi connectivity index (χ4n) is 2.42. The maximum absolute atomic E-state index is 5.79. The zero-order valence-corrected chi connectivity index (χ0v) is 15.4. The summed E-state index contributed by atoms with van der Waals surface area (Å²) < 4.78 is 4.20. The van der Waals surface area contributed by atoms with E-state index in [-0.39, 0.29) is 6.04 Å². The molecule has 0 bridgehead atoms. The fraction of sp³-hybridized carbons (Fsp3) is 0.400. The van der Waals surface area contributed by atoms with Crippen LogP contribution in [0.4, 0.5) is 0 Å². The fourth-order valence-corrected chi connectivity index (χ4v) is 3.71. The topological polar surface area (TPSA) is 55.9 Å². The van der Waals surface area contributed by atoms with Gasteiger partial charge in [-0.3, -0.25) is 16.0 Å². The summed E-state index contributed by atoms with van der Waals surface area (Å²) in [6.07, 6.45) is 1.69. The van der Waals surface area contributed by atoms with Crippen LogP contribution < -0.4 is 11.3 Å². The molecule has 1 atom stereocenters. The highest BCUT2D eigenvalue weighted by atomic mass is 79.9. The Morgan fingerprint density at radius 2 is 2.00 bits per heavy atom. The quantitative estimate of drug-likeness (QED) is 0.558. The summed E-state index contributed by atoms with van der Waals surface area (Å²) in [6.45, 7) is 5.07. The minimum atomic E-state index is 0.0311. The molecule has 4 nitrogen and oxygen atoms in total. The first-order valence-corrected chi connectivity index (χ1v) is 8.65. The minimum absolute atomic E-state index is 0.0311. The van der Waals surface area contributed by atoms with Crippen molar-refractivity contribution in [3.8, 4) is 0 Å².